The van der Waals surface area contributed by atoms with Crippen molar-refractivity contribution in [3.05, 3.63) is 11.8 Å². The second kappa shape index (κ2) is 5.68. The first-order valence-corrected chi connectivity index (χ1v) is 5.39. The minimum atomic E-state index is -1.01. The quantitative estimate of drug-likeness (QED) is 0.679. The Morgan fingerprint density at radius 2 is 2.00 bits per heavy atom. The topological polar surface area (TPSA) is 63.3 Å². The molecule has 1 aliphatic rings. The number of hydrogen-bond acceptors (Lipinski definition) is 2. The molecule has 0 spiro atoms. The lowest BCUT2D eigenvalue weighted by Gasteiger charge is -2.20. The van der Waals surface area contributed by atoms with Crippen molar-refractivity contribution >= 4 is 5.97 Å². The number of hydrogen-bond donors (Lipinski definition) is 2. The third-order valence-corrected chi connectivity index (χ3v) is 2.91. The van der Waals surface area contributed by atoms with Gasteiger partial charge < -0.3 is 10.8 Å². The molecule has 1 rings (SSSR count). The van der Waals surface area contributed by atoms with Crippen LogP contribution >= 0.6 is 0 Å². The van der Waals surface area contributed by atoms with Crippen molar-refractivity contribution in [3.8, 4) is 0 Å². The molecule has 3 heteroatoms. The van der Waals surface area contributed by atoms with E-state index in [4.69, 9.17) is 10.8 Å². The molecule has 0 heterocycles. The van der Waals surface area contributed by atoms with E-state index >= 15 is 0 Å². The Bertz CT molecular complexity index is 217. The SMILES string of the molecule is NC(=CCCC1CCCCC1)C(=O)O. The van der Waals surface area contributed by atoms with Gasteiger partial charge in [-0.05, 0) is 18.8 Å². The molecule has 0 amide bonds. The predicted molar refractivity (Wildman–Crippen MR) is 55.7 cm³/mol. The predicted octanol–water partition coefficient (Wildman–Crippen LogP) is 2.27. The van der Waals surface area contributed by atoms with Gasteiger partial charge in [0.05, 0.1) is 0 Å². The van der Waals surface area contributed by atoms with Crippen molar-refractivity contribution in [2.75, 3.05) is 0 Å². The zero-order valence-electron chi connectivity index (χ0n) is 8.54. The average molecular weight is 197 g/mol. The fraction of sp³-hybridized carbons (Fsp3) is 0.727. The van der Waals surface area contributed by atoms with E-state index in [1.165, 1.54) is 32.1 Å². The lowest BCUT2D eigenvalue weighted by Crippen LogP contribution is -2.10. The van der Waals surface area contributed by atoms with E-state index in [2.05, 4.69) is 0 Å². The number of carboxylic acid groups (broad SMARTS) is 1. The molecule has 1 saturated carbocycles. The first kappa shape index (κ1) is 11.1. The summed E-state index contributed by atoms with van der Waals surface area (Å²) in [5.74, 6) is -0.213. The number of allylic oxidation sites excluding steroid dienone is 1. The molecule has 0 aromatic heterocycles. The van der Waals surface area contributed by atoms with E-state index < -0.39 is 5.97 Å². The molecule has 3 N–H and O–H groups in total. The van der Waals surface area contributed by atoms with Crippen LogP contribution in [-0.2, 0) is 4.79 Å². The second-order valence-electron chi connectivity index (χ2n) is 4.05. The lowest BCUT2D eigenvalue weighted by molar-refractivity contribution is -0.132. The highest BCUT2D eigenvalue weighted by Gasteiger charge is 2.12. The number of aliphatic carboxylic acids is 1. The van der Waals surface area contributed by atoms with Gasteiger partial charge in [-0.1, -0.05) is 38.2 Å². The van der Waals surface area contributed by atoms with Crippen molar-refractivity contribution in [3.63, 3.8) is 0 Å². The summed E-state index contributed by atoms with van der Waals surface area (Å²) in [7, 11) is 0. The van der Waals surface area contributed by atoms with Gasteiger partial charge in [-0.25, -0.2) is 4.79 Å². The number of carboxylic acids is 1. The summed E-state index contributed by atoms with van der Waals surface area (Å²) in [5.41, 5.74) is 5.28. The molecule has 14 heavy (non-hydrogen) atoms. The summed E-state index contributed by atoms with van der Waals surface area (Å²) in [6.45, 7) is 0. The maximum atomic E-state index is 10.4. The average Bonchev–Trinajstić information content (AvgIpc) is 2.19. The molecule has 0 aromatic rings. The Hall–Kier alpha value is -0.990. The summed E-state index contributed by atoms with van der Waals surface area (Å²) in [4.78, 5) is 10.4. The molecule has 0 bridgehead atoms. The Balaban J connectivity index is 2.19. The summed E-state index contributed by atoms with van der Waals surface area (Å²) >= 11 is 0. The molecule has 1 fully saturated rings. The van der Waals surface area contributed by atoms with Crippen molar-refractivity contribution in [2.45, 2.75) is 44.9 Å². The van der Waals surface area contributed by atoms with Gasteiger partial charge in [-0.2, -0.15) is 0 Å². The standard InChI is InChI=1S/C11H19NO2/c12-10(11(13)14)8-4-7-9-5-2-1-3-6-9/h8-9H,1-7,12H2,(H,13,14). The van der Waals surface area contributed by atoms with Gasteiger partial charge in [0.25, 0.3) is 0 Å². The highest BCUT2D eigenvalue weighted by atomic mass is 16.4. The van der Waals surface area contributed by atoms with Gasteiger partial charge in [0.1, 0.15) is 5.70 Å². The van der Waals surface area contributed by atoms with Crippen LogP contribution < -0.4 is 5.73 Å². The van der Waals surface area contributed by atoms with Crippen LogP contribution in [0.1, 0.15) is 44.9 Å². The van der Waals surface area contributed by atoms with Gasteiger partial charge in [-0.15, -0.1) is 0 Å². The first-order chi connectivity index (χ1) is 6.70. The summed E-state index contributed by atoms with van der Waals surface area (Å²) < 4.78 is 0. The van der Waals surface area contributed by atoms with Gasteiger partial charge in [-0.3, -0.25) is 0 Å². The fourth-order valence-corrected chi connectivity index (χ4v) is 2.04. The molecular formula is C11H19NO2. The largest absolute Gasteiger partial charge is 0.477 e. The van der Waals surface area contributed by atoms with Crippen LogP contribution in [0.25, 0.3) is 0 Å². The summed E-state index contributed by atoms with van der Waals surface area (Å²) in [5, 5.41) is 8.53. The van der Waals surface area contributed by atoms with E-state index in [9.17, 15) is 4.79 Å². The van der Waals surface area contributed by atoms with Crippen LogP contribution in [0.5, 0.6) is 0 Å². The first-order valence-electron chi connectivity index (χ1n) is 5.39. The van der Waals surface area contributed by atoms with E-state index in [0.29, 0.717) is 0 Å². The summed E-state index contributed by atoms with van der Waals surface area (Å²) in [6.07, 6.45) is 10.2. The Kier molecular flexibility index (Phi) is 4.50. The van der Waals surface area contributed by atoms with Crippen LogP contribution in [0.3, 0.4) is 0 Å². The molecule has 3 nitrogen and oxygen atoms in total. The van der Waals surface area contributed by atoms with E-state index in [0.717, 1.165) is 18.8 Å². The highest BCUT2D eigenvalue weighted by molar-refractivity contribution is 5.85. The van der Waals surface area contributed by atoms with E-state index in [1.807, 2.05) is 0 Å². The van der Waals surface area contributed by atoms with E-state index in [1.54, 1.807) is 6.08 Å². The van der Waals surface area contributed by atoms with E-state index in [-0.39, 0.29) is 5.70 Å². The molecule has 0 saturated heterocycles. The maximum Gasteiger partial charge on any atom is 0.351 e. The van der Waals surface area contributed by atoms with Crippen LogP contribution in [-0.4, -0.2) is 11.1 Å². The Labute approximate surface area is 85.0 Å². The van der Waals surface area contributed by atoms with Crippen molar-refractivity contribution in [2.24, 2.45) is 11.7 Å². The molecule has 0 unspecified atom stereocenters. The third-order valence-electron chi connectivity index (χ3n) is 2.91. The van der Waals surface area contributed by atoms with Crippen LogP contribution in [0.4, 0.5) is 0 Å². The Morgan fingerprint density at radius 1 is 1.36 bits per heavy atom. The monoisotopic (exact) mass is 197 g/mol. The molecule has 0 radical (unpaired) electrons. The van der Waals surface area contributed by atoms with Crippen molar-refractivity contribution in [1.82, 2.24) is 0 Å². The maximum absolute atomic E-state index is 10.4. The minimum Gasteiger partial charge on any atom is -0.477 e. The molecular weight excluding hydrogens is 178 g/mol. The lowest BCUT2D eigenvalue weighted by atomic mass is 9.86. The molecule has 0 aliphatic heterocycles. The minimum absolute atomic E-state index is 0.0131. The van der Waals surface area contributed by atoms with Crippen LogP contribution in [0.2, 0.25) is 0 Å². The zero-order valence-corrected chi connectivity index (χ0v) is 8.54. The fourth-order valence-electron chi connectivity index (χ4n) is 2.04. The summed E-state index contributed by atoms with van der Waals surface area (Å²) in [6, 6.07) is 0. The zero-order chi connectivity index (χ0) is 10.4. The molecule has 1 aliphatic carbocycles. The smallest absolute Gasteiger partial charge is 0.351 e. The van der Waals surface area contributed by atoms with Gasteiger partial charge >= 0.3 is 5.97 Å². The second-order valence-corrected chi connectivity index (χ2v) is 4.05. The van der Waals surface area contributed by atoms with Gasteiger partial charge in [0.2, 0.25) is 0 Å². The number of carbonyl (C=O) groups is 1. The highest BCUT2D eigenvalue weighted by Crippen LogP contribution is 2.27. The van der Waals surface area contributed by atoms with Crippen LogP contribution in [0, 0.1) is 5.92 Å². The van der Waals surface area contributed by atoms with Crippen molar-refractivity contribution < 1.29 is 9.90 Å². The molecule has 80 valence electrons. The molecule has 0 atom stereocenters. The molecule has 0 aromatic carbocycles. The number of rotatable bonds is 4. The van der Waals surface area contributed by atoms with Gasteiger partial charge in [0.15, 0.2) is 0 Å². The number of nitrogens with two attached hydrogens (primary N) is 1. The normalized spacial score (nSPS) is 19.6. The van der Waals surface area contributed by atoms with Crippen LogP contribution in [0.15, 0.2) is 11.8 Å². The van der Waals surface area contributed by atoms with Gasteiger partial charge in [0, 0.05) is 0 Å². The van der Waals surface area contributed by atoms with Crippen molar-refractivity contribution in [1.29, 1.82) is 0 Å². The third kappa shape index (κ3) is 3.81. The Morgan fingerprint density at radius 3 is 2.57 bits per heavy atom.